The van der Waals surface area contributed by atoms with E-state index in [4.69, 9.17) is 21.4 Å². The Morgan fingerprint density at radius 1 is 1.64 bits per heavy atom. The molecule has 1 rings (SSSR count). The van der Waals surface area contributed by atoms with Crippen LogP contribution in [0.15, 0.2) is 12.3 Å². The van der Waals surface area contributed by atoms with Gasteiger partial charge in [-0.15, -0.1) is 0 Å². The molecule has 0 atom stereocenters. The first-order chi connectivity index (χ1) is 6.52. The smallest absolute Gasteiger partial charge is 0.358 e. The van der Waals surface area contributed by atoms with Gasteiger partial charge in [0.2, 0.25) is 0 Å². The van der Waals surface area contributed by atoms with Crippen LogP contribution in [-0.2, 0) is 0 Å². The van der Waals surface area contributed by atoms with Crippen LogP contribution in [0.25, 0.3) is 0 Å². The zero-order valence-electron chi connectivity index (χ0n) is 7.82. The number of rotatable bonds is 3. The van der Waals surface area contributed by atoms with Gasteiger partial charge >= 0.3 is 5.97 Å². The maximum absolute atomic E-state index is 10.8. The van der Waals surface area contributed by atoms with Crippen molar-refractivity contribution >= 4 is 17.6 Å². The van der Waals surface area contributed by atoms with Crippen LogP contribution in [0.2, 0.25) is 5.02 Å². The van der Waals surface area contributed by atoms with E-state index in [1.165, 1.54) is 12.3 Å². The van der Waals surface area contributed by atoms with Gasteiger partial charge in [0.15, 0.2) is 11.4 Å². The van der Waals surface area contributed by atoms with Crippen LogP contribution in [0.5, 0.6) is 5.75 Å². The van der Waals surface area contributed by atoms with E-state index < -0.39 is 5.97 Å². The number of hydrogen-bond donors (Lipinski definition) is 1. The molecule has 1 aromatic rings. The maximum Gasteiger partial charge on any atom is 0.358 e. The normalized spacial score (nSPS) is 10.3. The summed E-state index contributed by atoms with van der Waals surface area (Å²) >= 11 is 5.79. The van der Waals surface area contributed by atoms with Crippen molar-refractivity contribution in [2.24, 2.45) is 0 Å². The van der Waals surface area contributed by atoms with E-state index in [1.807, 2.05) is 0 Å². The number of hydrogen-bond acceptors (Lipinski definition) is 3. The van der Waals surface area contributed by atoms with E-state index in [2.05, 4.69) is 4.98 Å². The highest BCUT2D eigenvalue weighted by Crippen LogP contribution is 2.27. The largest absolute Gasteiger partial charge is 0.487 e. The van der Waals surface area contributed by atoms with Crippen LogP contribution in [0, 0.1) is 0 Å². The number of nitrogens with zero attached hydrogens (tertiary/aromatic N) is 1. The number of carboxylic acid groups (broad SMARTS) is 1. The van der Waals surface area contributed by atoms with Crippen molar-refractivity contribution in [2.45, 2.75) is 20.0 Å². The first-order valence-corrected chi connectivity index (χ1v) is 4.44. The number of aromatic carboxylic acids is 1. The maximum atomic E-state index is 10.8. The SMILES string of the molecule is CC(C)Oc1c(Cl)ccnc1C(=O)O. The number of carbonyl (C=O) groups is 1. The minimum atomic E-state index is -1.15. The molecule has 14 heavy (non-hydrogen) atoms. The molecule has 1 aromatic heterocycles. The second kappa shape index (κ2) is 4.28. The lowest BCUT2D eigenvalue weighted by atomic mass is 10.3. The Kier molecular flexibility index (Phi) is 3.30. The monoisotopic (exact) mass is 215 g/mol. The molecule has 0 aliphatic rings. The van der Waals surface area contributed by atoms with Gasteiger partial charge in [-0.3, -0.25) is 0 Å². The van der Waals surface area contributed by atoms with Gasteiger partial charge in [-0.1, -0.05) is 11.6 Å². The summed E-state index contributed by atoms with van der Waals surface area (Å²) in [6.07, 6.45) is 1.19. The standard InChI is InChI=1S/C9H10ClNO3/c1-5(2)14-8-6(10)3-4-11-7(8)9(12)13/h3-5H,1-2H3,(H,12,13). The fraction of sp³-hybridized carbons (Fsp3) is 0.333. The number of ether oxygens (including phenoxy) is 1. The Morgan fingerprint density at radius 2 is 2.29 bits per heavy atom. The topological polar surface area (TPSA) is 59.4 Å². The van der Waals surface area contributed by atoms with Crippen LogP contribution in [0.1, 0.15) is 24.3 Å². The molecular weight excluding hydrogens is 206 g/mol. The molecule has 0 saturated carbocycles. The molecule has 0 fully saturated rings. The summed E-state index contributed by atoms with van der Waals surface area (Å²) in [5, 5.41) is 9.06. The van der Waals surface area contributed by atoms with E-state index in [0.717, 1.165) is 0 Å². The quantitative estimate of drug-likeness (QED) is 0.840. The third-order valence-electron chi connectivity index (χ3n) is 1.41. The molecule has 0 saturated heterocycles. The molecule has 1 N–H and O–H groups in total. The van der Waals surface area contributed by atoms with Gasteiger partial charge in [0.05, 0.1) is 11.1 Å². The number of pyridine rings is 1. The molecule has 0 aliphatic carbocycles. The van der Waals surface area contributed by atoms with Crippen LogP contribution >= 0.6 is 11.6 Å². The molecule has 5 heteroatoms. The summed E-state index contributed by atoms with van der Waals surface area (Å²) in [5.41, 5.74) is -0.161. The Hall–Kier alpha value is -1.29. The molecule has 0 amide bonds. The fourth-order valence-corrected chi connectivity index (χ4v) is 1.12. The van der Waals surface area contributed by atoms with Gasteiger partial charge in [0, 0.05) is 6.20 Å². The van der Waals surface area contributed by atoms with Crippen molar-refractivity contribution in [3.05, 3.63) is 23.0 Å². The number of carboxylic acids is 1. The second-order valence-corrected chi connectivity index (χ2v) is 3.35. The van der Waals surface area contributed by atoms with Crippen molar-refractivity contribution in [3.8, 4) is 5.75 Å². The lowest BCUT2D eigenvalue weighted by Gasteiger charge is -2.12. The van der Waals surface area contributed by atoms with Crippen LogP contribution in [0.3, 0.4) is 0 Å². The Labute approximate surface area is 86.5 Å². The molecule has 0 aromatic carbocycles. The summed E-state index contributed by atoms with van der Waals surface area (Å²) in [4.78, 5) is 14.4. The van der Waals surface area contributed by atoms with Crippen molar-refractivity contribution < 1.29 is 14.6 Å². The molecule has 0 unspecified atom stereocenters. The van der Waals surface area contributed by atoms with Gasteiger partial charge in [-0.2, -0.15) is 0 Å². The molecular formula is C9H10ClNO3. The summed E-state index contributed by atoms with van der Waals surface area (Å²) in [6.45, 7) is 3.57. The highest BCUT2D eigenvalue weighted by atomic mass is 35.5. The van der Waals surface area contributed by atoms with Gasteiger partial charge < -0.3 is 9.84 Å². The molecule has 0 radical (unpaired) electrons. The van der Waals surface area contributed by atoms with Crippen molar-refractivity contribution in [2.75, 3.05) is 0 Å². The minimum Gasteiger partial charge on any atom is -0.487 e. The predicted molar refractivity (Wildman–Crippen MR) is 52.0 cm³/mol. The summed E-state index contributed by atoms with van der Waals surface area (Å²) < 4.78 is 5.26. The van der Waals surface area contributed by atoms with Crippen molar-refractivity contribution in [1.82, 2.24) is 4.98 Å². The number of aromatic nitrogens is 1. The van der Waals surface area contributed by atoms with Crippen LogP contribution in [0.4, 0.5) is 0 Å². The zero-order valence-corrected chi connectivity index (χ0v) is 8.58. The summed E-state index contributed by atoms with van der Waals surface area (Å²) in [5.74, 6) is -1.03. The minimum absolute atomic E-state index is 0.122. The molecule has 76 valence electrons. The molecule has 4 nitrogen and oxygen atoms in total. The lowest BCUT2D eigenvalue weighted by molar-refractivity contribution is 0.0683. The van der Waals surface area contributed by atoms with E-state index in [9.17, 15) is 4.79 Å². The average Bonchev–Trinajstić information content (AvgIpc) is 2.07. The Bertz CT molecular complexity index is 352. The zero-order chi connectivity index (χ0) is 10.7. The molecule has 0 spiro atoms. The first kappa shape index (κ1) is 10.8. The number of halogens is 1. The van der Waals surface area contributed by atoms with Gasteiger partial charge in [-0.05, 0) is 19.9 Å². The summed E-state index contributed by atoms with van der Waals surface area (Å²) in [6, 6.07) is 1.49. The first-order valence-electron chi connectivity index (χ1n) is 4.07. The molecule has 0 bridgehead atoms. The predicted octanol–water partition coefficient (Wildman–Crippen LogP) is 2.22. The average molecular weight is 216 g/mol. The summed E-state index contributed by atoms with van der Waals surface area (Å²) in [7, 11) is 0. The molecule has 1 heterocycles. The Morgan fingerprint density at radius 3 is 2.79 bits per heavy atom. The van der Waals surface area contributed by atoms with Gasteiger partial charge in [0.1, 0.15) is 0 Å². The van der Waals surface area contributed by atoms with E-state index >= 15 is 0 Å². The lowest BCUT2D eigenvalue weighted by Crippen LogP contribution is -2.11. The van der Waals surface area contributed by atoms with Gasteiger partial charge in [-0.25, -0.2) is 9.78 Å². The van der Waals surface area contributed by atoms with E-state index in [-0.39, 0.29) is 22.6 Å². The van der Waals surface area contributed by atoms with Crippen LogP contribution in [-0.4, -0.2) is 22.2 Å². The van der Waals surface area contributed by atoms with Gasteiger partial charge in [0.25, 0.3) is 0 Å². The van der Waals surface area contributed by atoms with Crippen molar-refractivity contribution in [1.29, 1.82) is 0 Å². The van der Waals surface area contributed by atoms with Crippen molar-refractivity contribution in [3.63, 3.8) is 0 Å². The second-order valence-electron chi connectivity index (χ2n) is 2.94. The molecule has 0 aliphatic heterocycles. The highest BCUT2D eigenvalue weighted by molar-refractivity contribution is 6.32. The Balaban J connectivity index is 3.15. The van der Waals surface area contributed by atoms with E-state index in [1.54, 1.807) is 13.8 Å². The van der Waals surface area contributed by atoms with E-state index in [0.29, 0.717) is 0 Å². The fourth-order valence-electron chi connectivity index (χ4n) is 0.925. The highest BCUT2D eigenvalue weighted by Gasteiger charge is 2.17. The third-order valence-corrected chi connectivity index (χ3v) is 1.71. The third kappa shape index (κ3) is 2.35. The van der Waals surface area contributed by atoms with Crippen LogP contribution < -0.4 is 4.74 Å².